The highest BCUT2D eigenvalue weighted by atomic mass is 16.6. The van der Waals surface area contributed by atoms with Gasteiger partial charge < -0.3 is 19.7 Å². The second-order valence-corrected chi connectivity index (χ2v) is 7.75. The topological polar surface area (TPSA) is 128 Å². The number of rotatable bonds is 7. The van der Waals surface area contributed by atoms with Crippen molar-refractivity contribution in [2.75, 3.05) is 32.1 Å². The molecule has 1 amide bonds. The van der Waals surface area contributed by atoms with Gasteiger partial charge in [-0.2, -0.15) is 0 Å². The molecule has 0 spiro atoms. The Bertz CT molecular complexity index is 1080. The van der Waals surface area contributed by atoms with E-state index in [2.05, 4.69) is 5.32 Å². The fourth-order valence-electron chi connectivity index (χ4n) is 3.73. The number of esters is 1. The summed E-state index contributed by atoms with van der Waals surface area (Å²) in [7, 11) is 1.54. The minimum Gasteiger partial charge on any atom is -0.452 e. The van der Waals surface area contributed by atoms with Gasteiger partial charge in [-0.25, -0.2) is 4.79 Å². The minimum atomic E-state index is -0.831. The minimum absolute atomic E-state index is 0.0232. The number of nitrogens with zero attached hydrogens (tertiary/aromatic N) is 2. The molecule has 2 atom stereocenters. The number of nitro groups is 1. The van der Waals surface area contributed by atoms with Crippen molar-refractivity contribution >= 4 is 29.0 Å². The molecule has 1 heterocycles. The number of anilines is 1. The number of carbonyl (C=O) groups is 3. The molecule has 0 aromatic heterocycles. The number of amides is 1. The first-order valence-electron chi connectivity index (χ1n) is 10.4. The number of nitro benzene ring substituents is 1. The highest BCUT2D eigenvalue weighted by molar-refractivity contribution is 6.15. The van der Waals surface area contributed by atoms with Crippen LogP contribution in [-0.2, 0) is 14.3 Å². The lowest BCUT2D eigenvalue weighted by molar-refractivity contribution is -0.384. The summed E-state index contributed by atoms with van der Waals surface area (Å²) in [5.74, 6) is -1.76. The monoisotopic (exact) mass is 455 g/mol. The van der Waals surface area contributed by atoms with Crippen molar-refractivity contribution in [2.45, 2.75) is 26.1 Å². The predicted molar refractivity (Wildman–Crippen MR) is 119 cm³/mol. The molecule has 1 aliphatic rings. The van der Waals surface area contributed by atoms with Gasteiger partial charge in [0.1, 0.15) is 5.69 Å². The van der Waals surface area contributed by atoms with Gasteiger partial charge in [0.15, 0.2) is 12.4 Å². The van der Waals surface area contributed by atoms with Gasteiger partial charge >= 0.3 is 5.97 Å². The van der Waals surface area contributed by atoms with E-state index >= 15 is 0 Å². The summed E-state index contributed by atoms with van der Waals surface area (Å²) in [4.78, 5) is 50.6. The predicted octanol–water partition coefficient (Wildman–Crippen LogP) is 2.66. The van der Waals surface area contributed by atoms with Crippen LogP contribution in [0.2, 0.25) is 0 Å². The fraction of sp³-hybridized carbons (Fsp3) is 0.348. The zero-order chi connectivity index (χ0) is 24.1. The molecule has 174 valence electrons. The largest absolute Gasteiger partial charge is 0.452 e. The molecule has 0 saturated carbocycles. The van der Waals surface area contributed by atoms with E-state index in [0.717, 1.165) is 6.07 Å². The van der Waals surface area contributed by atoms with Gasteiger partial charge in [-0.05, 0) is 32.0 Å². The number of carbonyl (C=O) groups excluding carboxylic acids is 3. The average molecular weight is 455 g/mol. The maximum Gasteiger partial charge on any atom is 0.339 e. The van der Waals surface area contributed by atoms with E-state index < -0.39 is 23.3 Å². The van der Waals surface area contributed by atoms with Crippen molar-refractivity contribution in [2.24, 2.45) is 0 Å². The SMILES string of the molecule is CNc1ccc(C(=O)c2ccccc2C(=O)OCC(=O)N2C[C@H](C)O[C@@H](C)C2)cc1[N+](=O)[O-]. The number of hydrogen-bond donors (Lipinski definition) is 1. The molecule has 0 aliphatic carbocycles. The lowest BCUT2D eigenvalue weighted by Gasteiger charge is -2.35. The first-order chi connectivity index (χ1) is 15.7. The first kappa shape index (κ1) is 23.9. The highest BCUT2D eigenvalue weighted by Gasteiger charge is 2.27. The third-order valence-electron chi connectivity index (χ3n) is 5.22. The van der Waals surface area contributed by atoms with Crippen LogP contribution in [0.3, 0.4) is 0 Å². The number of benzene rings is 2. The van der Waals surface area contributed by atoms with E-state index in [1.54, 1.807) is 17.0 Å². The number of morpholine rings is 1. The second kappa shape index (κ2) is 10.2. The van der Waals surface area contributed by atoms with Crippen LogP contribution in [0.25, 0.3) is 0 Å². The fourth-order valence-corrected chi connectivity index (χ4v) is 3.73. The molecule has 1 aliphatic heterocycles. The van der Waals surface area contributed by atoms with Crippen molar-refractivity contribution in [3.05, 3.63) is 69.3 Å². The molecule has 3 rings (SSSR count). The van der Waals surface area contributed by atoms with E-state index in [1.165, 1.54) is 31.3 Å². The summed E-state index contributed by atoms with van der Waals surface area (Å²) in [5.41, 5.74) is 0.0419. The summed E-state index contributed by atoms with van der Waals surface area (Å²) in [6, 6.07) is 10.00. The molecule has 1 N–H and O–H groups in total. The lowest BCUT2D eigenvalue weighted by Crippen LogP contribution is -2.49. The van der Waals surface area contributed by atoms with Crippen molar-refractivity contribution < 1.29 is 28.8 Å². The smallest absolute Gasteiger partial charge is 0.339 e. The van der Waals surface area contributed by atoms with Crippen molar-refractivity contribution in [3.63, 3.8) is 0 Å². The van der Waals surface area contributed by atoms with Crippen LogP contribution >= 0.6 is 0 Å². The molecule has 2 aromatic rings. The average Bonchev–Trinajstić information content (AvgIpc) is 2.80. The van der Waals surface area contributed by atoms with Crippen molar-refractivity contribution in [1.82, 2.24) is 4.90 Å². The van der Waals surface area contributed by atoms with Gasteiger partial charge in [0.2, 0.25) is 0 Å². The Morgan fingerprint density at radius 1 is 1.12 bits per heavy atom. The van der Waals surface area contributed by atoms with E-state index in [-0.39, 0.29) is 46.2 Å². The molecular weight excluding hydrogens is 430 g/mol. The van der Waals surface area contributed by atoms with Crippen LogP contribution in [0.15, 0.2) is 42.5 Å². The Balaban J connectivity index is 1.77. The third kappa shape index (κ3) is 5.53. The van der Waals surface area contributed by atoms with Crippen molar-refractivity contribution in [3.8, 4) is 0 Å². The Labute approximate surface area is 190 Å². The normalized spacial score (nSPS) is 17.8. The summed E-state index contributed by atoms with van der Waals surface area (Å²) in [6.45, 7) is 4.05. The summed E-state index contributed by atoms with van der Waals surface area (Å²) in [5, 5.41) is 14.0. The number of hydrogen-bond acceptors (Lipinski definition) is 8. The van der Waals surface area contributed by atoms with Gasteiger partial charge in [-0.3, -0.25) is 19.7 Å². The molecule has 0 radical (unpaired) electrons. The molecule has 1 fully saturated rings. The Hall–Kier alpha value is -3.79. The Kier molecular flexibility index (Phi) is 7.39. The maximum atomic E-state index is 13.1. The standard InChI is InChI=1S/C23H25N3O7/c1-14-11-25(12-15(2)33-14)21(27)13-32-23(29)18-7-5-4-6-17(18)22(28)16-8-9-19(24-3)20(10-16)26(30)31/h4-10,14-15,24H,11-13H2,1-3H3/t14-,15-/m0/s1. The first-order valence-corrected chi connectivity index (χ1v) is 10.4. The molecular formula is C23H25N3O7. The second-order valence-electron chi connectivity index (χ2n) is 7.75. The van der Waals surface area contributed by atoms with E-state index in [0.29, 0.717) is 13.1 Å². The van der Waals surface area contributed by atoms with E-state index in [9.17, 15) is 24.5 Å². The Morgan fingerprint density at radius 2 is 1.76 bits per heavy atom. The van der Waals surface area contributed by atoms with Gasteiger partial charge in [0.25, 0.3) is 11.6 Å². The zero-order valence-corrected chi connectivity index (χ0v) is 18.6. The molecule has 2 aromatic carbocycles. The van der Waals surface area contributed by atoms with Gasteiger partial charge in [0, 0.05) is 37.3 Å². The molecule has 1 saturated heterocycles. The molecule has 0 bridgehead atoms. The molecule has 0 unspecified atom stereocenters. The van der Waals surface area contributed by atoms with E-state index in [4.69, 9.17) is 9.47 Å². The quantitative estimate of drug-likeness (QED) is 0.292. The van der Waals surface area contributed by atoms with Crippen LogP contribution in [0.5, 0.6) is 0 Å². The van der Waals surface area contributed by atoms with E-state index in [1.807, 2.05) is 13.8 Å². The number of nitrogens with one attached hydrogen (secondary N) is 1. The zero-order valence-electron chi connectivity index (χ0n) is 18.6. The van der Waals surface area contributed by atoms with Crippen LogP contribution in [-0.4, -0.2) is 66.4 Å². The molecule has 10 nitrogen and oxygen atoms in total. The van der Waals surface area contributed by atoms with Gasteiger partial charge in [0.05, 0.1) is 22.7 Å². The van der Waals surface area contributed by atoms with Gasteiger partial charge in [-0.1, -0.05) is 18.2 Å². The van der Waals surface area contributed by atoms with Crippen molar-refractivity contribution in [1.29, 1.82) is 0 Å². The highest BCUT2D eigenvalue weighted by Crippen LogP contribution is 2.27. The van der Waals surface area contributed by atoms with Crippen LogP contribution in [0, 0.1) is 10.1 Å². The van der Waals surface area contributed by atoms with Gasteiger partial charge in [-0.15, -0.1) is 0 Å². The summed E-state index contributed by atoms with van der Waals surface area (Å²) >= 11 is 0. The molecule has 33 heavy (non-hydrogen) atoms. The van der Waals surface area contributed by atoms with Crippen LogP contribution in [0.1, 0.15) is 40.1 Å². The summed E-state index contributed by atoms with van der Waals surface area (Å²) < 4.78 is 10.8. The third-order valence-corrected chi connectivity index (χ3v) is 5.22. The number of ketones is 1. The molecule has 10 heteroatoms. The lowest BCUT2D eigenvalue weighted by atomic mass is 9.97. The maximum absolute atomic E-state index is 13.1. The van der Waals surface area contributed by atoms with Crippen LogP contribution < -0.4 is 5.32 Å². The van der Waals surface area contributed by atoms with Crippen LogP contribution in [0.4, 0.5) is 11.4 Å². The summed E-state index contributed by atoms with van der Waals surface area (Å²) in [6.07, 6.45) is -0.241. The Morgan fingerprint density at radius 3 is 2.36 bits per heavy atom. The number of ether oxygens (including phenoxy) is 2.